The summed E-state index contributed by atoms with van der Waals surface area (Å²) in [7, 11) is 0. The molecule has 3 fully saturated rings. The van der Waals surface area contributed by atoms with Crippen molar-refractivity contribution in [1.29, 1.82) is 0 Å². The van der Waals surface area contributed by atoms with Gasteiger partial charge in [0.2, 0.25) is 0 Å². The highest BCUT2D eigenvalue weighted by Crippen LogP contribution is 2.53. The fraction of sp³-hybridized carbons (Fsp3) is 0.750. The van der Waals surface area contributed by atoms with Crippen molar-refractivity contribution in [3.63, 3.8) is 0 Å². The first kappa shape index (κ1) is 19.9. The van der Waals surface area contributed by atoms with E-state index < -0.39 is 0 Å². The molecule has 5 atom stereocenters. The summed E-state index contributed by atoms with van der Waals surface area (Å²) in [5.41, 5.74) is 1.99. The minimum absolute atomic E-state index is 0.0587. The lowest BCUT2D eigenvalue weighted by molar-refractivity contribution is -0.144. The molecule has 0 aromatic carbocycles. The van der Waals surface area contributed by atoms with Gasteiger partial charge < -0.3 is 9.64 Å². The lowest BCUT2D eigenvalue weighted by Crippen LogP contribution is -2.43. The highest BCUT2D eigenvalue weighted by Gasteiger charge is 2.54. The molecule has 4 nitrogen and oxygen atoms in total. The third kappa shape index (κ3) is 3.38. The molecule has 0 radical (unpaired) electrons. The van der Waals surface area contributed by atoms with E-state index >= 15 is 0 Å². The van der Waals surface area contributed by atoms with E-state index in [4.69, 9.17) is 4.74 Å². The van der Waals surface area contributed by atoms with Gasteiger partial charge in [0.1, 0.15) is 6.10 Å². The van der Waals surface area contributed by atoms with Crippen LogP contribution in [0, 0.1) is 28.6 Å². The Hall–Kier alpha value is -1.42. The van der Waals surface area contributed by atoms with Crippen LogP contribution in [0.5, 0.6) is 0 Å². The van der Waals surface area contributed by atoms with Gasteiger partial charge in [-0.25, -0.2) is 0 Å². The van der Waals surface area contributed by atoms with Crippen LogP contribution < -0.4 is 0 Å². The zero-order chi connectivity index (χ0) is 20.3. The molecule has 4 aliphatic rings. The predicted octanol–water partition coefficient (Wildman–Crippen LogP) is 4.16. The third-order valence-electron chi connectivity index (χ3n) is 7.67. The molecule has 28 heavy (non-hydrogen) atoms. The SMILES string of the molecule is CC1=C2[C@H]3OC(=O)[C@@H](CN4CC[C@H](C)CC(C)(C)C4)[C@@H]3CC[C@@]2(C)C=CC1=O. The van der Waals surface area contributed by atoms with Gasteiger partial charge in [-0.1, -0.05) is 33.8 Å². The van der Waals surface area contributed by atoms with Crippen LogP contribution in [0.3, 0.4) is 0 Å². The summed E-state index contributed by atoms with van der Waals surface area (Å²) < 4.78 is 5.97. The maximum absolute atomic E-state index is 12.9. The quantitative estimate of drug-likeness (QED) is 0.670. The van der Waals surface area contributed by atoms with Crippen LogP contribution in [0.2, 0.25) is 0 Å². The Morgan fingerprint density at radius 1 is 1.21 bits per heavy atom. The number of esters is 1. The second kappa shape index (κ2) is 6.83. The molecule has 0 amide bonds. The molecule has 2 heterocycles. The molecule has 154 valence electrons. The highest BCUT2D eigenvalue weighted by atomic mass is 16.6. The Morgan fingerprint density at radius 2 is 1.96 bits per heavy atom. The Bertz CT molecular complexity index is 749. The van der Waals surface area contributed by atoms with E-state index in [1.807, 2.05) is 13.0 Å². The monoisotopic (exact) mass is 385 g/mol. The number of ketones is 1. The van der Waals surface area contributed by atoms with Crippen LogP contribution in [0.25, 0.3) is 0 Å². The standard InChI is InChI=1S/C24H35NO3/c1-15-8-11-25(14-23(3,4)12-15)13-18-17-6-9-24(5)10-7-19(26)16(2)20(24)21(17)28-22(18)27/h7,10,15,17-18,21H,6,8-9,11-14H2,1-5H3/t15-,17-,18-,21-,24-/m0/s1. The van der Waals surface area contributed by atoms with Crippen molar-refractivity contribution in [3.8, 4) is 0 Å². The summed E-state index contributed by atoms with van der Waals surface area (Å²) >= 11 is 0. The number of carbonyl (C=O) groups is 2. The van der Waals surface area contributed by atoms with E-state index in [0.29, 0.717) is 0 Å². The zero-order valence-electron chi connectivity index (χ0n) is 18.1. The number of fused-ring (bicyclic) bond motifs is 3. The molecule has 0 bridgehead atoms. The molecule has 4 heteroatoms. The van der Waals surface area contributed by atoms with Crippen molar-refractivity contribution in [2.24, 2.45) is 28.6 Å². The zero-order valence-corrected chi connectivity index (χ0v) is 18.1. The van der Waals surface area contributed by atoms with Crippen LogP contribution in [-0.4, -0.2) is 42.4 Å². The Balaban J connectivity index is 1.56. The van der Waals surface area contributed by atoms with E-state index in [1.54, 1.807) is 6.08 Å². The fourth-order valence-electron chi connectivity index (χ4n) is 6.41. The summed E-state index contributed by atoms with van der Waals surface area (Å²) in [5, 5.41) is 0. The summed E-state index contributed by atoms with van der Waals surface area (Å²) in [5.74, 6) is 0.868. The van der Waals surface area contributed by atoms with Crippen LogP contribution in [0.1, 0.15) is 60.3 Å². The number of allylic oxidation sites excluding steroid dienone is 3. The van der Waals surface area contributed by atoms with Gasteiger partial charge in [-0.2, -0.15) is 0 Å². The first-order chi connectivity index (χ1) is 13.1. The number of ether oxygens (including phenoxy) is 1. The summed E-state index contributed by atoms with van der Waals surface area (Å²) in [6, 6.07) is 0. The van der Waals surface area contributed by atoms with Crippen molar-refractivity contribution < 1.29 is 14.3 Å². The summed E-state index contributed by atoms with van der Waals surface area (Å²) in [6.07, 6.45) is 7.93. The van der Waals surface area contributed by atoms with Crippen LogP contribution in [-0.2, 0) is 14.3 Å². The number of rotatable bonds is 2. The largest absolute Gasteiger partial charge is 0.457 e. The van der Waals surface area contributed by atoms with E-state index in [1.165, 1.54) is 12.8 Å². The van der Waals surface area contributed by atoms with Gasteiger partial charge in [0.05, 0.1) is 5.92 Å². The molecule has 0 spiro atoms. The minimum atomic E-state index is -0.218. The van der Waals surface area contributed by atoms with Gasteiger partial charge >= 0.3 is 5.97 Å². The van der Waals surface area contributed by atoms with E-state index in [2.05, 4.69) is 32.6 Å². The molecule has 4 rings (SSSR count). The fourth-order valence-corrected chi connectivity index (χ4v) is 6.41. The van der Waals surface area contributed by atoms with E-state index in [-0.39, 0.29) is 40.5 Å². The molecule has 0 N–H and O–H groups in total. The van der Waals surface area contributed by atoms with E-state index in [0.717, 1.165) is 49.5 Å². The normalized spacial score (nSPS) is 40.8. The maximum atomic E-state index is 12.9. The first-order valence-electron chi connectivity index (χ1n) is 11.0. The van der Waals surface area contributed by atoms with Crippen LogP contribution >= 0.6 is 0 Å². The molecule has 1 saturated carbocycles. The van der Waals surface area contributed by atoms with Gasteiger partial charge in [-0.3, -0.25) is 9.59 Å². The van der Waals surface area contributed by atoms with Gasteiger partial charge in [0.25, 0.3) is 0 Å². The smallest absolute Gasteiger partial charge is 0.311 e. The second-order valence-corrected chi connectivity index (χ2v) is 10.8. The topological polar surface area (TPSA) is 46.6 Å². The lowest BCUT2D eigenvalue weighted by atomic mass is 9.61. The average Bonchev–Trinajstić information content (AvgIpc) is 2.82. The number of carbonyl (C=O) groups excluding carboxylic acids is 2. The van der Waals surface area contributed by atoms with Crippen molar-refractivity contribution in [3.05, 3.63) is 23.3 Å². The third-order valence-corrected chi connectivity index (χ3v) is 7.67. The molecule has 0 aromatic heterocycles. The van der Waals surface area contributed by atoms with Gasteiger partial charge in [0, 0.05) is 30.0 Å². The van der Waals surface area contributed by atoms with Gasteiger partial charge in [0.15, 0.2) is 5.78 Å². The molecular weight excluding hydrogens is 350 g/mol. The Kier molecular flexibility index (Phi) is 4.85. The molecule has 2 aliphatic heterocycles. The van der Waals surface area contributed by atoms with Crippen molar-refractivity contribution in [2.45, 2.75) is 66.4 Å². The summed E-state index contributed by atoms with van der Waals surface area (Å²) in [4.78, 5) is 27.7. The van der Waals surface area contributed by atoms with Crippen molar-refractivity contribution in [2.75, 3.05) is 19.6 Å². The van der Waals surface area contributed by atoms with Crippen molar-refractivity contribution in [1.82, 2.24) is 4.90 Å². The lowest BCUT2D eigenvalue weighted by Gasteiger charge is -2.43. The van der Waals surface area contributed by atoms with Gasteiger partial charge in [-0.05, 0) is 62.1 Å². The Labute approximate surface area is 169 Å². The average molecular weight is 386 g/mol. The molecule has 0 unspecified atom stereocenters. The molecule has 2 saturated heterocycles. The van der Waals surface area contributed by atoms with E-state index in [9.17, 15) is 9.59 Å². The first-order valence-corrected chi connectivity index (χ1v) is 11.0. The molecule has 2 aliphatic carbocycles. The number of likely N-dealkylation sites (tertiary alicyclic amines) is 1. The predicted molar refractivity (Wildman–Crippen MR) is 110 cm³/mol. The van der Waals surface area contributed by atoms with Crippen LogP contribution in [0.15, 0.2) is 23.3 Å². The summed E-state index contributed by atoms with van der Waals surface area (Å²) in [6.45, 7) is 14.0. The van der Waals surface area contributed by atoms with Gasteiger partial charge in [-0.15, -0.1) is 0 Å². The number of hydrogen-bond acceptors (Lipinski definition) is 4. The number of nitrogens with zero attached hydrogens (tertiary/aromatic N) is 1. The second-order valence-electron chi connectivity index (χ2n) is 10.8. The maximum Gasteiger partial charge on any atom is 0.311 e. The van der Waals surface area contributed by atoms with Crippen molar-refractivity contribution >= 4 is 11.8 Å². The highest BCUT2D eigenvalue weighted by molar-refractivity contribution is 6.05. The minimum Gasteiger partial charge on any atom is -0.457 e. The number of hydrogen-bond donors (Lipinski definition) is 0. The van der Waals surface area contributed by atoms with Crippen LogP contribution in [0.4, 0.5) is 0 Å². The molecular formula is C24H35NO3. The molecule has 0 aromatic rings. The Morgan fingerprint density at radius 3 is 2.71 bits per heavy atom.